The van der Waals surface area contributed by atoms with E-state index in [1.807, 2.05) is 23.5 Å². The maximum Gasteiger partial charge on any atom is 0.160 e. The first kappa shape index (κ1) is 32.0. The van der Waals surface area contributed by atoms with E-state index in [0.29, 0.717) is 5.82 Å². The van der Waals surface area contributed by atoms with Crippen LogP contribution in [-0.2, 0) is 0 Å². The quantitative estimate of drug-likeness (QED) is 0.176. The van der Waals surface area contributed by atoms with Gasteiger partial charge in [-0.25, -0.2) is 9.97 Å². The Morgan fingerprint density at radius 3 is 1.58 bits per heavy atom. The van der Waals surface area contributed by atoms with Crippen molar-refractivity contribution in [1.82, 2.24) is 19.1 Å². The Labute approximate surface area is 332 Å². The van der Waals surface area contributed by atoms with Crippen LogP contribution in [0.3, 0.4) is 0 Å². The van der Waals surface area contributed by atoms with Gasteiger partial charge in [-0.05, 0) is 60.7 Å². The fraction of sp³-hybridized carbons (Fsp3) is 0. The van der Waals surface area contributed by atoms with Crippen LogP contribution in [0.4, 0.5) is 0 Å². The highest BCUT2D eigenvalue weighted by Gasteiger charge is 2.22. The van der Waals surface area contributed by atoms with E-state index in [1.54, 1.807) is 0 Å². The molecule has 0 aliphatic heterocycles. The molecule has 8 aromatic carbocycles. The Morgan fingerprint density at radius 2 is 0.895 bits per heavy atom. The van der Waals surface area contributed by atoms with Gasteiger partial charge in [0.2, 0.25) is 0 Å². The fourth-order valence-electron chi connectivity index (χ4n) is 8.75. The van der Waals surface area contributed by atoms with Crippen LogP contribution in [0.5, 0.6) is 0 Å². The largest absolute Gasteiger partial charge is 0.309 e. The molecule has 4 heterocycles. The van der Waals surface area contributed by atoms with E-state index in [2.05, 4.69) is 191 Å². The smallest absolute Gasteiger partial charge is 0.160 e. The molecule has 0 aliphatic rings. The van der Waals surface area contributed by atoms with E-state index in [4.69, 9.17) is 9.97 Å². The number of fused-ring (bicyclic) bond motifs is 9. The molecular weight excluding hydrogens is 713 g/mol. The van der Waals surface area contributed by atoms with Crippen LogP contribution in [0.15, 0.2) is 194 Å². The lowest BCUT2D eigenvalue weighted by molar-refractivity contribution is 1.16. The molecule has 0 spiro atoms. The van der Waals surface area contributed by atoms with Crippen molar-refractivity contribution in [3.63, 3.8) is 0 Å². The summed E-state index contributed by atoms with van der Waals surface area (Å²) in [5.41, 5.74) is 11.9. The summed E-state index contributed by atoms with van der Waals surface area (Å²) in [5.74, 6) is 0.708. The van der Waals surface area contributed by atoms with Gasteiger partial charge < -0.3 is 9.13 Å². The van der Waals surface area contributed by atoms with Gasteiger partial charge in [-0.2, -0.15) is 0 Å². The third-order valence-electron chi connectivity index (χ3n) is 11.3. The molecular formula is C52H32N4S. The molecule has 0 atom stereocenters. The van der Waals surface area contributed by atoms with Crippen molar-refractivity contribution in [2.45, 2.75) is 0 Å². The van der Waals surface area contributed by atoms with Crippen LogP contribution in [0.25, 0.3) is 109 Å². The SMILES string of the molecule is c1ccc(-c2cc(-c3cc(-n4c5ccccc5c5cc6c7ccccc7n(-c7ccccc7)c6cc54)cc4c3sc3ccccc34)nc(-c3ccccc3)n2)cc1. The molecule has 0 saturated carbocycles. The lowest BCUT2D eigenvalue weighted by atomic mass is 10.0. The monoisotopic (exact) mass is 744 g/mol. The first-order chi connectivity index (χ1) is 28.3. The number of para-hydroxylation sites is 3. The van der Waals surface area contributed by atoms with Crippen molar-refractivity contribution in [2.75, 3.05) is 0 Å². The second kappa shape index (κ2) is 12.6. The van der Waals surface area contributed by atoms with Crippen LogP contribution in [0.1, 0.15) is 0 Å². The Kier molecular flexibility index (Phi) is 7.06. The lowest BCUT2D eigenvalue weighted by Gasteiger charge is -2.14. The maximum absolute atomic E-state index is 5.36. The highest BCUT2D eigenvalue weighted by atomic mass is 32.1. The number of benzene rings is 8. The van der Waals surface area contributed by atoms with E-state index in [-0.39, 0.29) is 0 Å². The second-order valence-electron chi connectivity index (χ2n) is 14.6. The topological polar surface area (TPSA) is 35.6 Å². The highest BCUT2D eigenvalue weighted by molar-refractivity contribution is 7.26. The van der Waals surface area contributed by atoms with E-state index >= 15 is 0 Å². The summed E-state index contributed by atoms with van der Waals surface area (Å²) in [6.07, 6.45) is 0. The number of thiophene rings is 1. The van der Waals surface area contributed by atoms with Gasteiger partial charge in [0.25, 0.3) is 0 Å². The zero-order valence-electron chi connectivity index (χ0n) is 30.7. The molecule has 0 radical (unpaired) electrons. The number of hydrogen-bond acceptors (Lipinski definition) is 3. The molecule has 0 unspecified atom stereocenters. The van der Waals surface area contributed by atoms with E-state index in [1.165, 1.54) is 52.8 Å². The third-order valence-corrected chi connectivity index (χ3v) is 12.5. The first-order valence-corrected chi connectivity index (χ1v) is 20.1. The zero-order chi connectivity index (χ0) is 37.5. The molecule has 4 aromatic heterocycles. The van der Waals surface area contributed by atoms with Gasteiger partial charge in [0.1, 0.15) is 0 Å². The molecule has 0 aliphatic carbocycles. The highest BCUT2D eigenvalue weighted by Crippen LogP contribution is 2.45. The summed E-state index contributed by atoms with van der Waals surface area (Å²) < 4.78 is 7.33. The van der Waals surface area contributed by atoms with E-state index in [0.717, 1.165) is 50.5 Å². The molecule has 12 rings (SSSR count). The Balaban J connectivity index is 1.20. The van der Waals surface area contributed by atoms with E-state index in [9.17, 15) is 0 Å². The summed E-state index contributed by atoms with van der Waals surface area (Å²) in [5, 5.41) is 7.40. The first-order valence-electron chi connectivity index (χ1n) is 19.2. The molecule has 0 fully saturated rings. The summed E-state index contributed by atoms with van der Waals surface area (Å²) in [6, 6.07) is 69.5. The Morgan fingerprint density at radius 1 is 0.351 bits per heavy atom. The molecule has 57 heavy (non-hydrogen) atoms. The minimum Gasteiger partial charge on any atom is -0.309 e. The molecule has 12 aromatic rings. The summed E-state index contributed by atoms with van der Waals surface area (Å²) >= 11 is 1.83. The van der Waals surface area contributed by atoms with Gasteiger partial charge in [-0.3, -0.25) is 0 Å². The van der Waals surface area contributed by atoms with Gasteiger partial charge in [0.15, 0.2) is 5.82 Å². The Hall–Kier alpha value is -7.34. The number of aromatic nitrogens is 4. The van der Waals surface area contributed by atoms with Crippen molar-refractivity contribution in [3.05, 3.63) is 194 Å². The fourth-order valence-corrected chi connectivity index (χ4v) is 9.96. The lowest BCUT2D eigenvalue weighted by Crippen LogP contribution is -1.98. The predicted molar refractivity (Wildman–Crippen MR) is 240 cm³/mol. The van der Waals surface area contributed by atoms with Crippen molar-refractivity contribution >= 4 is 75.1 Å². The number of rotatable bonds is 5. The van der Waals surface area contributed by atoms with Crippen molar-refractivity contribution in [1.29, 1.82) is 0 Å². The third kappa shape index (κ3) is 4.99. The summed E-state index contributed by atoms with van der Waals surface area (Å²) in [7, 11) is 0. The predicted octanol–water partition coefficient (Wildman–Crippen LogP) is 14.0. The van der Waals surface area contributed by atoms with Crippen LogP contribution in [0.2, 0.25) is 0 Å². The summed E-state index contributed by atoms with van der Waals surface area (Å²) in [4.78, 5) is 10.5. The van der Waals surface area contributed by atoms with E-state index < -0.39 is 0 Å². The molecule has 4 nitrogen and oxygen atoms in total. The normalized spacial score (nSPS) is 11.9. The maximum atomic E-state index is 5.36. The van der Waals surface area contributed by atoms with Crippen LogP contribution >= 0.6 is 11.3 Å². The van der Waals surface area contributed by atoms with Gasteiger partial charge in [-0.1, -0.05) is 133 Å². The molecule has 0 amide bonds. The number of nitrogens with zero attached hydrogens (tertiary/aromatic N) is 4. The van der Waals surface area contributed by atoms with Gasteiger partial charge >= 0.3 is 0 Å². The minimum atomic E-state index is 0.708. The standard InChI is InChI=1S/C52H32N4S/c1-4-16-33(17-5-1)44-31-45(54-52(53-44)34-18-6-2-7-19-34)43-29-36(28-42-39-24-12-15-27-50(39)57-51(42)43)56-47-26-14-11-23-38(47)41-30-40-37-22-10-13-25-46(37)55(48(40)32-49(41)56)35-20-8-3-9-21-35/h1-32H. The number of hydrogen-bond donors (Lipinski definition) is 0. The van der Waals surface area contributed by atoms with Gasteiger partial charge in [-0.15, -0.1) is 11.3 Å². The van der Waals surface area contributed by atoms with Crippen molar-refractivity contribution < 1.29 is 0 Å². The molecule has 0 saturated heterocycles. The molecule has 266 valence electrons. The molecule has 0 bridgehead atoms. The van der Waals surface area contributed by atoms with Crippen LogP contribution in [0, 0.1) is 0 Å². The van der Waals surface area contributed by atoms with Crippen LogP contribution < -0.4 is 0 Å². The average Bonchev–Trinajstić information content (AvgIpc) is 3.93. The van der Waals surface area contributed by atoms with Gasteiger partial charge in [0, 0.05) is 69.8 Å². The van der Waals surface area contributed by atoms with Crippen LogP contribution in [-0.4, -0.2) is 19.1 Å². The zero-order valence-corrected chi connectivity index (χ0v) is 31.5. The second-order valence-corrected chi connectivity index (χ2v) is 15.6. The van der Waals surface area contributed by atoms with Crippen molar-refractivity contribution in [2.24, 2.45) is 0 Å². The minimum absolute atomic E-state index is 0.708. The molecule has 0 N–H and O–H groups in total. The Bertz CT molecular complexity index is 3450. The van der Waals surface area contributed by atoms with Gasteiger partial charge in [0.05, 0.1) is 33.5 Å². The van der Waals surface area contributed by atoms with Crippen molar-refractivity contribution in [3.8, 4) is 45.3 Å². The average molecular weight is 745 g/mol. The molecule has 5 heteroatoms. The summed E-state index contributed by atoms with van der Waals surface area (Å²) in [6.45, 7) is 0.